The van der Waals surface area contributed by atoms with Crippen LogP contribution in [0.1, 0.15) is 10.6 Å². The van der Waals surface area contributed by atoms with Crippen molar-refractivity contribution in [1.82, 2.24) is 9.88 Å². The zero-order valence-corrected chi connectivity index (χ0v) is 13.3. The number of halogens is 1. The van der Waals surface area contributed by atoms with Gasteiger partial charge in [0.2, 0.25) is 5.91 Å². The fourth-order valence-corrected chi connectivity index (χ4v) is 2.42. The summed E-state index contributed by atoms with van der Waals surface area (Å²) in [6.45, 7) is -0.0484. The highest BCUT2D eigenvalue weighted by Crippen LogP contribution is 2.17. The molecule has 106 valence electrons. The van der Waals surface area contributed by atoms with Crippen LogP contribution in [-0.4, -0.2) is 42.3 Å². The zero-order chi connectivity index (χ0) is 14.7. The van der Waals surface area contributed by atoms with Crippen LogP contribution in [0.5, 0.6) is 0 Å². The Hall–Kier alpha value is -1.67. The topological polar surface area (TPSA) is 66.7 Å². The highest BCUT2D eigenvalue weighted by atomic mass is 79.9. The van der Waals surface area contributed by atoms with E-state index in [-0.39, 0.29) is 24.1 Å². The number of carbonyl (C=O) groups is 2. The summed E-state index contributed by atoms with van der Waals surface area (Å²) in [5, 5.41) is 2.38. The van der Waals surface area contributed by atoms with E-state index < -0.39 is 0 Å². The van der Waals surface area contributed by atoms with Crippen molar-refractivity contribution in [3.05, 3.63) is 34.1 Å². The average molecular weight is 358 g/mol. The van der Waals surface area contributed by atoms with Gasteiger partial charge in [-0.05, 0) is 28.1 Å². The molecule has 0 aliphatic carbocycles. The van der Waals surface area contributed by atoms with E-state index in [4.69, 9.17) is 4.42 Å². The molecule has 0 saturated carbocycles. The lowest BCUT2D eigenvalue weighted by Crippen LogP contribution is -2.39. The predicted octanol–water partition coefficient (Wildman–Crippen LogP) is 2.23. The number of hydrogen-bond donors (Lipinski definition) is 0. The fraction of sp³-hybridized carbons (Fsp3) is 0.250. The molecule has 20 heavy (non-hydrogen) atoms. The van der Waals surface area contributed by atoms with Crippen LogP contribution < -0.4 is 4.90 Å². The standard InChI is InChI=1S/C12H12BrN3O3S/c1-15(11(18)8-3-4-9(13)19-8)7-10(17)16(2)12-14-5-6-20-12/h3-6H,7H2,1-2H3. The van der Waals surface area contributed by atoms with Crippen molar-refractivity contribution in [2.24, 2.45) is 0 Å². The van der Waals surface area contributed by atoms with Gasteiger partial charge in [-0.3, -0.25) is 14.5 Å². The van der Waals surface area contributed by atoms with E-state index in [2.05, 4.69) is 20.9 Å². The molecule has 0 radical (unpaired) electrons. The molecule has 0 aliphatic heterocycles. The summed E-state index contributed by atoms with van der Waals surface area (Å²) in [4.78, 5) is 30.9. The second kappa shape index (κ2) is 6.19. The van der Waals surface area contributed by atoms with E-state index in [1.54, 1.807) is 37.8 Å². The van der Waals surface area contributed by atoms with Crippen LogP contribution in [0.4, 0.5) is 5.13 Å². The van der Waals surface area contributed by atoms with Gasteiger partial charge in [0.15, 0.2) is 15.6 Å². The number of furan rings is 1. The van der Waals surface area contributed by atoms with Gasteiger partial charge in [-0.15, -0.1) is 11.3 Å². The first-order valence-corrected chi connectivity index (χ1v) is 7.33. The van der Waals surface area contributed by atoms with Crippen molar-refractivity contribution in [3.63, 3.8) is 0 Å². The number of carbonyl (C=O) groups excluding carboxylic acids is 2. The molecule has 0 N–H and O–H groups in total. The number of nitrogens with zero attached hydrogens (tertiary/aromatic N) is 3. The van der Waals surface area contributed by atoms with Crippen molar-refractivity contribution in [2.45, 2.75) is 0 Å². The maximum Gasteiger partial charge on any atom is 0.289 e. The molecule has 2 amide bonds. The van der Waals surface area contributed by atoms with E-state index in [0.29, 0.717) is 9.80 Å². The van der Waals surface area contributed by atoms with Crippen molar-refractivity contribution in [1.29, 1.82) is 0 Å². The molecule has 2 aromatic heterocycles. The molecule has 6 nitrogen and oxygen atoms in total. The quantitative estimate of drug-likeness (QED) is 0.841. The maximum atomic E-state index is 12.1. The van der Waals surface area contributed by atoms with E-state index >= 15 is 0 Å². The largest absolute Gasteiger partial charge is 0.444 e. The normalized spacial score (nSPS) is 10.3. The van der Waals surface area contributed by atoms with Crippen LogP contribution in [0.3, 0.4) is 0 Å². The minimum atomic E-state index is -0.350. The van der Waals surface area contributed by atoms with Crippen molar-refractivity contribution in [3.8, 4) is 0 Å². The summed E-state index contributed by atoms with van der Waals surface area (Å²) < 4.78 is 5.64. The summed E-state index contributed by atoms with van der Waals surface area (Å²) in [5.41, 5.74) is 0. The Kier molecular flexibility index (Phi) is 4.56. The monoisotopic (exact) mass is 357 g/mol. The zero-order valence-electron chi connectivity index (χ0n) is 10.9. The lowest BCUT2D eigenvalue weighted by molar-refractivity contribution is -0.118. The highest BCUT2D eigenvalue weighted by molar-refractivity contribution is 9.10. The van der Waals surface area contributed by atoms with Gasteiger partial charge in [0, 0.05) is 25.7 Å². The third-order valence-corrected chi connectivity index (χ3v) is 3.86. The third-order valence-electron chi connectivity index (χ3n) is 2.58. The lowest BCUT2D eigenvalue weighted by Gasteiger charge is -2.19. The van der Waals surface area contributed by atoms with Crippen LogP contribution >= 0.6 is 27.3 Å². The number of aromatic nitrogens is 1. The van der Waals surface area contributed by atoms with E-state index in [1.807, 2.05) is 0 Å². The first-order chi connectivity index (χ1) is 9.49. The van der Waals surface area contributed by atoms with Crippen molar-refractivity contribution < 1.29 is 14.0 Å². The van der Waals surface area contributed by atoms with Crippen LogP contribution in [0.2, 0.25) is 0 Å². The van der Waals surface area contributed by atoms with Gasteiger partial charge in [-0.25, -0.2) is 4.98 Å². The minimum absolute atomic E-state index is 0.0484. The molecule has 0 spiro atoms. The molecule has 0 fully saturated rings. The Morgan fingerprint density at radius 2 is 2.15 bits per heavy atom. The SMILES string of the molecule is CN(CC(=O)N(C)c1nccs1)C(=O)c1ccc(Br)o1. The third kappa shape index (κ3) is 3.26. The molecule has 0 aromatic carbocycles. The predicted molar refractivity (Wildman–Crippen MR) is 78.9 cm³/mol. The number of thiazole rings is 1. The van der Waals surface area contributed by atoms with Crippen LogP contribution in [0, 0.1) is 0 Å². The first kappa shape index (κ1) is 14.7. The molecular weight excluding hydrogens is 346 g/mol. The number of amides is 2. The first-order valence-electron chi connectivity index (χ1n) is 5.66. The van der Waals surface area contributed by atoms with E-state index in [1.165, 1.54) is 21.1 Å². The van der Waals surface area contributed by atoms with Gasteiger partial charge in [0.05, 0.1) is 0 Å². The van der Waals surface area contributed by atoms with Gasteiger partial charge in [0.1, 0.15) is 6.54 Å². The fourth-order valence-electron chi connectivity index (χ4n) is 1.49. The molecule has 8 heteroatoms. The molecule has 2 aromatic rings. The summed E-state index contributed by atoms with van der Waals surface area (Å²) in [5.74, 6) is -0.387. The maximum absolute atomic E-state index is 12.1. The Morgan fingerprint density at radius 1 is 1.40 bits per heavy atom. The van der Waals surface area contributed by atoms with E-state index in [0.717, 1.165) is 0 Å². The van der Waals surface area contributed by atoms with Gasteiger partial charge >= 0.3 is 0 Å². The van der Waals surface area contributed by atoms with Crippen molar-refractivity contribution in [2.75, 3.05) is 25.5 Å². The number of anilines is 1. The Bertz CT molecular complexity index is 611. The van der Waals surface area contributed by atoms with Gasteiger partial charge in [-0.1, -0.05) is 0 Å². The van der Waals surface area contributed by atoms with Crippen LogP contribution in [0.15, 0.2) is 32.8 Å². The molecular formula is C12H12BrN3O3S. The summed E-state index contributed by atoms with van der Waals surface area (Å²) in [6.07, 6.45) is 1.62. The number of hydrogen-bond acceptors (Lipinski definition) is 5. The minimum Gasteiger partial charge on any atom is -0.444 e. The van der Waals surface area contributed by atoms with Crippen LogP contribution in [-0.2, 0) is 4.79 Å². The Morgan fingerprint density at radius 3 is 2.70 bits per heavy atom. The average Bonchev–Trinajstić information content (AvgIpc) is 3.07. The van der Waals surface area contributed by atoms with Crippen molar-refractivity contribution >= 4 is 44.2 Å². The summed E-state index contributed by atoms with van der Waals surface area (Å²) >= 11 is 4.49. The molecule has 0 unspecified atom stereocenters. The van der Waals surface area contributed by atoms with Gasteiger partial charge in [-0.2, -0.15) is 0 Å². The molecule has 0 atom stereocenters. The second-order valence-corrected chi connectivity index (χ2v) is 5.69. The lowest BCUT2D eigenvalue weighted by atomic mass is 10.4. The molecule has 0 aliphatic rings. The summed E-state index contributed by atoms with van der Waals surface area (Å²) in [7, 11) is 3.18. The van der Waals surface area contributed by atoms with Crippen LogP contribution in [0.25, 0.3) is 0 Å². The Balaban J connectivity index is 1.99. The highest BCUT2D eigenvalue weighted by Gasteiger charge is 2.21. The Labute approximate surface area is 128 Å². The van der Waals surface area contributed by atoms with Gasteiger partial charge in [0.25, 0.3) is 5.91 Å². The van der Waals surface area contributed by atoms with Gasteiger partial charge < -0.3 is 9.32 Å². The number of likely N-dealkylation sites (N-methyl/N-ethyl adjacent to an activating group) is 2. The molecule has 0 saturated heterocycles. The smallest absolute Gasteiger partial charge is 0.289 e. The number of rotatable bonds is 4. The summed E-state index contributed by atoms with van der Waals surface area (Å²) in [6, 6.07) is 3.18. The molecule has 2 heterocycles. The second-order valence-electron chi connectivity index (χ2n) is 4.03. The molecule has 0 bridgehead atoms. The van der Waals surface area contributed by atoms with E-state index in [9.17, 15) is 9.59 Å². The molecule has 2 rings (SSSR count).